The SMILES string of the molecule is Cc1cc(C)nc(NNC(=O)CCc2ncc(-c3ccc(Cl)cc3)o2)n1. The van der Waals surface area contributed by atoms with Gasteiger partial charge in [-0.25, -0.2) is 15.0 Å². The molecular formula is C18H18ClN5O2. The summed E-state index contributed by atoms with van der Waals surface area (Å²) in [5.74, 6) is 1.28. The Morgan fingerprint density at radius 1 is 1.15 bits per heavy atom. The summed E-state index contributed by atoms with van der Waals surface area (Å²) in [7, 11) is 0. The molecule has 0 bridgehead atoms. The van der Waals surface area contributed by atoms with Crippen molar-refractivity contribution in [3.63, 3.8) is 0 Å². The highest BCUT2D eigenvalue weighted by Crippen LogP contribution is 2.22. The summed E-state index contributed by atoms with van der Waals surface area (Å²) < 4.78 is 5.67. The zero-order chi connectivity index (χ0) is 18.5. The second kappa shape index (κ2) is 7.97. The zero-order valence-electron chi connectivity index (χ0n) is 14.4. The van der Waals surface area contributed by atoms with Crippen LogP contribution in [0, 0.1) is 13.8 Å². The van der Waals surface area contributed by atoms with Gasteiger partial charge in [-0.2, -0.15) is 0 Å². The monoisotopic (exact) mass is 371 g/mol. The third-order valence-corrected chi connectivity index (χ3v) is 3.80. The first kappa shape index (κ1) is 17.9. The third kappa shape index (κ3) is 4.80. The molecule has 3 aromatic rings. The van der Waals surface area contributed by atoms with E-state index in [4.69, 9.17) is 16.0 Å². The quantitative estimate of drug-likeness (QED) is 0.644. The summed E-state index contributed by atoms with van der Waals surface area (Å²) in [6, 6.07) is 9.13. The predicted molar refractivity (Wildman–Crippen MR) is 98.5 cm³/mol. The van der Waals surface area contributed by atoms with Crippen molar-refractivity contribution in [1.29, 1.82) is 0 Å². The fourth-order valence-corrected chi connectivity index (χ4v) is 2.49. The molecule has 3 rings (SSSR count). The number of hydrogen-bond donors (Lipinski definition) is 2. The highest BCUT2D eigenvalue weighted by Gasteiger charge is 2.09. The van der Waals surface area contributed by atoms with Gasteiger partial charge in [0.15, 0.2) is 11.7 Å². The Morgan fingerprint density at radius 3 is 2.54 bits per heavy atom. The van der Waals surface area contributed by atoms with Crippen LogP contribution in [0.5, 0.6) is 0 Å². The van der Waals surface area contributed by atoms with E-state index in [1.165, 1.54) is 0 Å². The maximum atomic E-state index is 12.0. The minimum Gasteiger partial charge on any atom is -0.441 e. The van der Waals surface area contributed by atoms with Gasteiger partial charge in [-0.15, -0.1) is 0 Å². The lowest BCUT2D eigenvalue weighted by atomic mass is 10.2. The van der Waals surface area contributed by atoms with Crippen LogP contribution in [-0.4, -0.2) is 20.9 Å². The molecule has 0 unspecified atom stereocenters. The summed E-state index contributed by atoms with van der Waals surface area (Å²) in [5, 5.41) is 0.658. The molecule has 0 radical (unpaired) electrons. The van der Waals surface area contributed by atoms with Gasteiger partial charge in [-0.3, -0.25) is 15.6 Å². The number of aromatic nitrogens is 3. The lowest BCUT2D eigenvalue weighted by molar-refractivity contribution is -0.120. The van der Waals surface area contributed by atoms with E-state index in [1.807, 2.05) is 32.0 Å². The first-order valence-electron chi connectivity index (χ1n) is 8.07. The molecular weight excluding hydrogens is 354 g/mol. The molecule has 0 aliphatic carbocycles. The van der Waals surface area contributed by atoms with E-state index in [9.17, 15) is 4.79 Å². The van der Waals surface area contributed by atoms with Crippen molar-refractivity contribution in [1.82, 2.24) is 20.4 Å². The van der Waals surface area contributed by atoms with Crippen molar-refractivity contribution in [3.8, 4) is 11.3 Å². The molecule has 0 spiro atoms. The van der Waals surface area contributed by atoms with E-state index in [0.29, 0.717) is 29.0 Å². The molecule has 26 heavy (non-hydrogen) atoms. The second-order valence-electron chi connectivity index (χ2n) is 5.77. The molecule has 0 saturated heterocycles. The van der Waals surface area contributed by atoms with E-state index < -0.39 is 0 Å². The molecule has 2 heterocycles. The number of amides is 1. The highest BCUT2D eigenvalue weighted by molar-refractivity contribution is 6.30. The van der Waals surface area contributed by atoms with Gasteiger partial charge in [0.05, 0.1) is 6.20 Å². The van der Waals surface area contributed by atoms with E-state index in [0.717, 1.165) is 17.0 Å². The van der Waals surface area contributed by atoms with Gasteiger partial charge in [0.25, 0.3) is 0 Å². The van der Waals surface area contributed by atoms with E-state index in [1.54, 1.807) is 18.3 Å². The van der Waals surface area contributed by atoms with Crippen molar-refractivity contribution in [3.05, 3.63) is 58.8 Å². The average Bonchev–Trinajstić information content (AvgIpc) is 3.07. The standard InChI is InChI=1S/C18H18ClN5O2/c1-11-9-12(2)22-18(21-11)24-23-16(25)7-8-17-20-10-15(26-17)13-3-5-14(19)6-4-13/h3-6,9-10H,7-8H2,1-2H3,(H,23,25)(H,21,22,24). The van der Waals surface area contributed by atoms with Gasteiger partial charge < -0.3 is 4.42 Å². The number of anilines is 1. The molecule has 2 N–H and O–H groups in total. The number of nitrogens with zero attached hydrogens (tertiary/aromatic N) is 3. The molecule has 1 amide bonds. The van der Waals surface area contributed by atoms with Crippen molar-refractivity contribution in [2.24, 2.45) is 0 Å². The van der Waals surface area contributed by atoms with Crippen LogP contribution in [-0.2, 0) is 11.2 Å². The number of hydrazine groups is 1. The lowest BCUT2D eigenvalue weighted by Gasteiger charge is -2.07. The van der Waals surface area contributed by atoms with Crippen molar-refractivity contribution < 1.29 is 9.21 Å². The summed E-state index contributed by atoms with van der Waals surface area (Å²) in [4.78, 5) is 24.5. The minimum atomic E-state index is -0.209. The molecule has 0 atom stereocenters. The Kier molecular flexibility index (Phi) is 5.48. The Balaban J connectivity index is 1.51. The largest absolute Gasteiger partial charge is 0.441 e. The number of aryl methyl sites for hydroxylation is 3. The number of hydrogen-bond acceptors (Lipinski definition) is 6. The smallest absolute Gasteiger partial charge is 0.242 e. The first-order chi connectivity index (χ1) is 12.5. The summed E-state index contributed by atoms with van der Waals surface area (Å²) in [5.41, 5.74) is 7.81. The molecule has 0 aliphatic rings. The van der Waals surface area contributed by atoms with Gasteiger partial charge in [-0.05, 0) is 44.2 Å². The Bertz CT molecular complexity index is 888. The summed E-state index contributed by atoms with van der Waals surface area (Å²) in [6.07, 6.45) is 2.24. The molecule has 0 saturated carbocycles. The molecule has 2 aromatic heterocycles. The third-order valence-electron chi connectivity index (χ3n) is 3.54. The fraction of sp³-hybridized carbons (Fsp3) is 0.222. The molecule has 0 fully saturated rings. The number of carbonyl (C=O) groups is 1. The maximum Gasteiger partial charge on any atom is 0.242 e. The van der Waals surface area contributed by atoms with Gasteiger partial charge in [-0.1, -0.05) is 11.6 Å². The lowest BCUT2D eigenvalue weighted by Crippen LogP contribution is -2.30. The van der Waals surface area contributed by atoms with E-state index in [2.05, 4.69) is 25.8 Å². The minimum absolute atomic E-state index is 0.209. The molecule has 7 nitrogen and oxygen atoms in total. The van der Waals surface area contributed by atoms with E-state index >= 15 is 0 Å². The number of benzene rings is 1. The van der Waals surface area contributed by atoms with Crippen LogP contribution < -0.4 is 10.9 Å². The van der Waals surface area contributed by atoms with Crippen molar-refractivity contribution >= 4 is 23.5 Å². The Hall–Kier alpha value is -2.93. The van der Waals surface area contributed by atoms with Crippen LogP contribution in [0.1, 0.15) is 23.7 Å². The van der Waals surface area contributed by atoms with E-state index in [-0.39, 0.29) is 12.3 Å². The van der Waals surface area contributed by atoms with Gasteiger partial charge in [0, 0.05) is 34.8 Å². The Morgan fingerprint density at radius 2 is 1.85 bits per heavy atom. The second-order valence-corrected chi connectivity index (χ2v) is 6.21. The maximum absolute atomic E-state index is 12.0. The number of oxazole rings is 1. The van der Waals surface area contributed by atoms with Gasteiger partial charge in [0.1, 0.15) is 0 Å². The van der Waals surface area contributed by atoms with Crippen LogP contribution in [0.3, 0.4) is 0 Å². The fourth-order valence-electron chi connectivity index (χ4n) is 2.36. The topological polar surface area (TPSA) is 92.9 Å². The summed E-state index contributed by atoms with van der Waals surface area (Å²) in [6.45, 7) is 3.73. The van der Waals surface area contributed by atoms with Gasteiger partial charge in [0.2, 0.25) is 11.9 Å². The number of nitrogens with one attached hydrogen (secondary N) is 2. The molecule has 134 valence electrons. The van der Waals surface area contributed by atoms with Crippen molar-refractivity contribution in [2.75, 3.05) is 5.43 Å². The van der Waals surface area contributed by atoms with Crippen LogP contribution in [0.25, 0.3) is 11.3 Å². The van der Waals surface area contributed by atoms with Crippen LogP contribution in [0.2, 0.25) is 5.02 Å². The van der Waals surface area contributed by atoms with Crippen molar-refractivity contribution in [2.45, 2.75) is 26.7 Å². The van der Waals surface area contributed by atoms with Crippen LogP contribution in [0.4, 0.5) is 5.95 Å². The highest BCUT2D eigenvalue weighted by atomic mass is 35.5. The zero-order valence-corrected chi connectivity index (χ0v) is 15.2. The first-order valence-corrected chi connectivity index (χ1v) is 8.45. The number of carbonyl (C=O) groups excluding carboxylic acids is 1. The molecule has 8 heteroatoms. The molecule has 1 aromatic carbocycles. The molecule has 0 aliphatic heterocycles. The van der Waals surface area contributed by atoms with Crippen LogP contribution >= 0.6 is 11.6 Å². The normalized spacial score (nSPS) is 10.6. The number of halogens is 1. The average molecular weight is 372 g/mol. The summed E-state index contributed by atoms with van der Waals surface area (Å²) >= 11 is 5.87. The van der Waals surface area contributed by atoms with Gasteiger partial charge >= 0.3 is 0 Å². The van der Waals surface area contributed by atoms with Crippen LogP contribution in [0.15, 0.2) is 40.9 Å². The Labute approximate surface area is 155 Å². The predicted octanol–water partition coefficient (Wildman–Crippen LogP) is 3.48. The number of rotatable bonds is 6.